The summed E-state index contributed by atoms with van der Waals surface area (Å²) in [6.45, 7) is 4.94. The molecule has 2 amide bonds. The fraction of sp³-hybridized carbons (Fsp3) is 0.533. The summed E-state index contributed by atoms with van der Waals surface area (Å²) in [5.41, 5.74) is 0.515. The van der Waals surface area contributed by atoms with Crippen LogP contribution < -0.4 is 10.6 Å². The lowest BCUT2D eigenvalue weighted by molar-refractivity contribution is -0.121. The maximum Gasteiger partial charge on any atom is 0.408 e. The third kappa shape index (κ3) is 4.24. The van der Waals surface area contributed by atoms with Crippen LogP contribution in [0.2, 0.25) is 0 Å². The molecule has 3 N–H and O–H groups in total. The van der Waals surface area contributed by atoms with Gasteiger partial charge in [-0.25, -0.2) is 4.79 Å². The highest BCUT2D eigenvalue weighted by atomic mass is 32.1. The van der Waals surface area contributed by atoms with Crippen LogP contribution >= 0.6 is 11.3 Å². The molecule has 2 atom stereocenters. The Bertz CT molecular complexity index is 650. The first-order valence-corrected chi connectivity index (χ1v) is 8.24. The normalized spacial score (nSPS) is 21.3. The molecule has 0 aromatic carbocycles. The molecule has 0 aliphatic heterocycles. The number of aliphatic hydroxyl groups is 1. The average Bonchev–Trinajstić information content (AvgIpc) is 3.02. The number of rotatable bonds is 4. The van der Waals surface area contributed by atoms with Gasteiger partial charge >= 0.3 is 6.09 Å². The van der Waals surface area contributed by atoms with E-state index in [4.69, 9.17) is 9.57 Å². The third-order valence-electron chi connectivity index (χ3n) is 3.16. The molecule has 2 rings (SSSR count). The van der Waals surface area contributed by atoms with Gasteiger partial charge < -0.3 is 25.3 Å². The highest BCUT2D eigenvalue weighted by molar-refractivity contribution is 7.12. The van der Waals surface area contributed by atoms with E-state index in [9.17, 15) is 14.7 Å². The molecule has 1 aromatic heterocycles. The van der Waals surface area contributed by atoms with E-state index < -0.39 is 29.7 Å². The van der Waals surface area contributed by atoms with Crippen molar-refractivity contribution in [3.8, 4) is 0 Å². The number of amides is 2. The number of hydrogen-bond acceptors (Lipinski definition) is 7. The lowest BCUT2D eigenvalue weighted by atomic mass is 10.1. The Morgan fingerprint density at radius 2 is 2.12 bits per heavy atom. The Labute approximate surface area is 143 Å². The standard InChI is InChI=1S/C15H21N3O5S/c1-15(2,3)23-14(21)16-7-9(19)17-10-8-5-6-24-13(8)11(12(10)20)18-22-4/h5-6,10,12,20H,7H2,1-4H3,(H,16,21)(H,17,19)/b18-11+/t10-,12-/m1/s1. The molecule has 1 heterocycles. The Hall–Kier alpha value is -2.13. The first kappa shape index (κ1) is 18.2. The molecule has 9 heteroatoms. The van der Waals surface area contributed by atoms with Gasteiger partial charge in [0.15, 0.2) is 0 Å². The number of nitrogens with zero attached hydrogens (tertiary/aromatic N) is 1. The maximum atomic E-state index is 12.1. The van der Waals surface area contributed by atoms with E-state index in [1.54, 1.807) is 20.8 Å². The van der Waals surface area contributed by atoms with E-state index in [0.29, 0.717) is 5.71 Å². The molecule has 0 saturated heterocycles. The van der Waals surface area contributed by atoms with E-state index in [-0.39, 0.29) is 6.54 Å². The summed E-state index contributed by atoms with van der Waals surface area (Å²) in [6, 6.07) is 1.18. The van der Waals surface area contributed by atoms with Crippen molar-refractivity contribution in [2.24, 2.45) is 5.16 Å². The van der Waals surface area contributed by atoms with E-state index in [0.717, 1.165) is 10.4 Å². The van der Waals surface area contributed by atoms with Crippen LogP contribution in [0, 0.1) is 0 Å². The number of aliphatic hydroxyl groups excluding tert-OH is 1. The highest BCUT2D eigenvalue weighted by Crippen LogP contribution is 2.35. The van der Waals surface area contributed by atoms with Crippen LogP contribution in [0.5, 0.6) is 0 Å². The van der Waals surface area contributed by atoms with Crippen molar-refractivity contribution in [1.82, 2.24) is 10.6 Å². The van der Waals surface area contributed by atoms with Gasteiger partial charge in [-0.15, -0.1) is 11.3 Å². The van der Waals surface area contributed by atoms with Crippen molar-refractivity contribution in [3.05, 3.63) is 21.9 Å². The molecule has 24 heavy (non-hydrogen) atoms. The topological polar surface area (TPSA) is 109 Å². The largest absolute Gasteiger partial charge is 0.444 e. The number of fused-ring (bicyclic) bond motifs is 1. The lowest BCUT2D eigenvalue weighted by Gasteiger charge is -2.20. The zero-order valence-corrected chi connectivity index (χ0v) is 14.8. The second-order valence-corrected chi connectivity index (χ2v) is 7.13. The summed E-state index contributed by atoms with van der Waals surface area (Å²) in [5.74, 6) is -0.444. The van der Waals surface area contributed by atoms with Crippen LogP contribution in [0.15, 0.2) is 16.6 Å². The van der Waals surface area contributed by atoms with Gasteiger partial charge in [0.05, 0.1) is 10.9 Å². The van der Waals surface area contributed by atoms with Crippen molar-refractivity contribution >= 4 is 29.0 Å². The van der Waals surface area contributed by atoms with Crippen molar-refractivity contribution in [2.75, 3.05) is 13.7 Å². The van der Waals surface area contributed by atoms with Gasteiger partial charge in [-0.1, -0.05) is 5.16 Å². The van der Waals surface area contributed by atoms with Crippen LogP contribution in [0.1, 0.15) is 37.3 Å². The maximum absolute atomic E-state index is 12.1. The van der Waals surface area contributed by atoms with Gasteiger partial charge in [-0.05, 0) is 37.8 Å². The summed E-state index contributed by atoms with van der Waals surface area (Å²) < 4.78 is 5.06. The molecular weight excluding hydrogens is 334 g/mol. The van der Waals surface area contributed by atoms with E-state index in [2.05, 4.69) is 15.8 Å². The fourth-order valence-corrected chi connectivity index (χ4v) is 3.24. The minimum absolute atomic E-state index is 0.256. The van der Waals surface area contributed by atoms with E-state index in [1.165, 1.54) is 18.4 Å². The number of hydrogen-bond donors (Lipinski definition) is 3. The van der Waals surface area contributed by atoms with Crippen LogP contribution in [-0.2, 0) is 14.4 Å². The first-order chi connectivity index (χ1) is 11.2. The highest BCUT2D eigenvalue weighted by Gasteiger charge is 2.39. The number of thiophene rings is 1. The predicted octanol–water partition coefficient (Wildman–Crippen LogP) is 1.16. The molecule has 0 radical (unpaired) electrons. The summed E-state index contributed by atoms with van der Waals surface area (Å²) in [6.07, 6.45) is -1.68. The molecule has 0 unspecified atom stereocenters. The summed E-state index contributed by atoms with van der Waals surface area (Å²) in [4.78, 5) is 29.1. The smallest absolute Gasteiger partial charge is 0.408 e. The number of alkyl carbamates (subject to hydrolysis) is 1. The van der Waals surface area contributed by atoms with Crippen LogP contribution in [0.3, 0.4) is 0 Å². The number of nitrogens with one attached hydrogen (secondary N) is 2. The Balaban J connectivity index is 1.95. The van der Waals surface area contributed by atoms with E-state index >= 15 is 0 Å². The van der Waals surface area contributed by atoms with Crippen molar-refractivity contribution < 1.29 is 24.3 Å². The zero-order valence-electron chi connectivity index (χ0n) is 14.0. The fourth-order valence-electron chi connectivity index (χ4n) is 2.28. The minimum atomic E-state index is -1.00. The predicted molar refractivity (Wildman–Crippen MR) is 89.0 cm³/mol. The summed E-state index contributed by atoms with van der Waals surface area (Å²) in [7, 11) is 1.39. The van der Waals surface area contributed by atoms with Crippen LogP contribution in [0.25, 0.3) is 0 Å². The second-order valence-electron chi connectivity index (χ2n) is 6.21. The zero-order chi connectivity index (χ0) is 17.9. The quantitative estimate of drug-likeness (QED) is 0.702. The second kappa shape index (κ2) is 7.18. The van der Waals surface area contributed by atoms with Gasteiger partial charge in [0.2, 0.25) is 5.91 Å². The molecular formula is C15H21N3O5S. The Kier molecular flexibility index (Phi) is 5.45. The van der Waals surface area contributed by atoms with Crippen molar-refractivity contribution in [1.29, 1.82) is 0 Å². The molecule has 132 valence electrons. The SMILES string of the molecule is CO/N=C1/c2sccc2[C@@H](NC(=O)CNC(=O)OC(C)(C)C)[C@H]1O. The molecule has 0 spiro atoms. The number of carbonyl (C=O) groups excluding carboxylic acids is 2. The Morgan fingerprint density at radius 1 is 1.42 bits per heavy atom. The molecule has 8 nitrogen and oxygen atoms in total. The number of carbonyl (C=O) groups is 2. The number of oxime groups is 1. The Morgan fingerprint density at radius 3 is 2.75 bits per heavy atom. The van der Waals surface area contributed by atoms with Crippen molar-refractivity contribution in [3.63, 3.8) is 0 Å². The lowest BCUT2D eigenvalue weighted by Crippen LogP contribution is -2.43. The van der Waals surface area contributed by atoms with Crippen LogP contribution in [-0.4, -0.2) is 48.2 Å². The van der Waals surface area contributed by atoms with Gasteiger partial charge in [-0.2, -0.15) is 0 Å². The van der Waals surface area contributed by atoms with Crippen LogP contribution in [0.4, 0.5) is 4.79 Å². The average molecular weight is 355 g/mol. The van der Waals surface area contributed by atoms with Gasteiger partial charge in [0, 0.05) is 0 Å². The summed E-state index contributed by atoms with van der Waals surface area (Å²) >= 11 is 1.41. The monoisotopic (exact) mass is 355 g/mol. The molecule has 1 aromatic rings. The molecule has 0 saturated carbocycles. The minimum Gasteiger partial charge on any atom is -0.444 e. The van der Waals surface area contributed by atoms with E-state index in [1.807, 2.05) is 11.4 Å². The molecule has 1 aliphatic rings. The van der Waals surface area contributed by atoms with Gasteiger partial charge in [0.1, 0.15) is 31.1 Å². The third-order valence-corrected chi connectivity index (χ3v) is 4.11. The molecule has 1 aliphatic carbocycles. The molecule has 0 fully saturated rings. The van der Waals surface area contributed by atoms with Gasteiger partial charge in [0.25, 0.3) is 0 Å². The van der Waals surface area contributed by atoms with Gasteiger partial charge in [-0.3, -0.25) is 4.79 Å². The first-order valence-electron chi connectivity index (χ1n) is 7.36. The molecule has 0 bridgehead atoms. The number of ether oxygens (including phenoxy) is 1. The summed E-state index contributed by atoms with van der Waals surface area (Å²) in [5, 5.41) is 21.1. The van der Waals surface area contributed by atoms with Crippen molar-refractivity contribution in [2.45, 2.75) is 38.5 Å².